The number of hydrogen-bond donors (Lipinski definition) is 2. The van der Waals surface area contributed by atoms with Crippen LogP contribution in [0.2, 0.25) is 5.02 Å². The highest BCUT2D eigenvalue weighted by Crippen LogP contribution is 2.24. The van der Waals surface area contributed by atoms with Gasteiger partial charge in [-0.15, -0.1) is 0 Å². The molecule has 1 atom stereocenters. The highest BCUT2D eigenvalue weighted by Gasteiger charge is 2.10. The lowest BCUT2D eigenvalue weighted by atomic mass is 10.1. The van der Waals surface area contributed by atoms with Crippen LogP contribution in [0.25, 0.3) is 0 Å². The Hall–Kier alpha value is -1.88. The van der Waals surface area contributed by atoms with E-state index in [4.69, 9.17) is 11.6 Å². The normalized spacial score (nSPS) is 11.9. The molecule has 0 radical (unpaired) electrons. The summed E-state index contributed by atoms with van der Waals surface area (Å²) in [6.45, 7) is 4.78. The molecule has 0 saturated carbocycles. The van der Waals surface area contributed by atoms with E-state index in [0.29, 0.717) is 16.8 Å². The molecule has 2 heterocycles. The summed E-state index contributed by atoms with van der Waals surface area (Å²) < 4.78 is 0. The van der Waals surface area contributed by atoms with Gasteiger partial charge in [0.25, 0.3) is 0 Å². The largest absolute Gasteiger partial charge is 0.362 e. The number of nitrogens with one attached hydrogen (secondary N) is 2. The minimum Gasteiger partial charge on any atom is -0.362 e. The van der Waals surface area contributed by atoms with E-state index in [9.17, 15) is 0 Å². The highest BCUT2D eigenvalue weighted by molar-refractivity contribution is 6.32. The van der Waals surface area contributed by atoms with E-state index in [0.717, 1.165) is 12.1 Å². The molecule has 2 aromatic heterocycles. The molecule has 2 rings (SSSR count). The van der Waals surface area contributed by atoms with Gasteiger partial charge in [0, 0.05) is 18.9 Å². The van der Waals surface area contributed by atoms with Gasteiger partial charge in [0.2, 0.25) is 5.95 Å². The molecule has 0 aromatic carbocycles. The van der Waals surface area contributed by atoms with Crippen molar-refractivity contribution in [3.8, 4) is 0 Å². The van der Waals surface area contributed by atoms with Gasteiger partial charge in [-0.05, 0) is 25.5 Å². The molecule has 100 valence electrons. The minimum absolute atomic E-state index is 0.0653. The predicted octanol–water partition coefficient (Wildman–Crippen LogP) is 3.13. The maximum atomic E-state index is 6.10. The zero-order chi connectivity index (χ0) is 13.7. The van der Waals surface area contributed by atoms with Gasteiger partial charge in [-0.3, -0.25) is 4.98 Å². The Balaban J connectivity index is 2.16. The van der Waals surface area contributed by atoms with Crippen LogP contribution in [0, 0.1) is 0 Å². The Labute approximate surface area is 117 Å². The average molecular weight is 278 g/mol. The summed E-state index contributed by atoms with van der Waals surface area (Å²) in [5.41, 5.74) is 1.07. The van der Waals surface area contributed by atoms with Gasteiger partial charge < -0.3 is 10.6 Å². The fourth-order valence-electron chi connectivity index (χ4n) is 1.63. The Kier molecular flexibility index (Phi) is 4.52. The number of halogens is 1. The molecule has 0 bridgehead atoms. The smallest absolute Gasteiger partial charge is 0.224 e. The summed E-state index contributed by atoms with van der Waals surface area (Å²) in [4.78, 5) is 12.5. The van der Waals surface area contributed by atoms with Crippen LogP contribution in [0.1, 0.15) is 25.5 Å². The fraction of sp³-hybridized carbons (Fsp3) is 0.308. The first-order valence-corrected chi connectivity index (χ1v) is 6.51. The Morgan fingerprint density at radius 1 is 1.37 bits per heavy atom. The number of anilines is 2. The van der Waals surface area contributed by atoms with Crippen molar-refractivity contribution in [2.75, 3.05) is 17.2 Å². The third kappa shape index (κ3) is 3.54. The van der Waals surface area contributed by atoms with Gasteiger partial charge in [0.15, 0.2) is 5.82 Å². The van der Waals surface area contributed by atoms with E-state index in [1.807, 2.05) is 32.2 Å². The van der Waals surface area contributed by atoms with Crippen molar-refractivity contribution in [3.05, 3.63) is 41.3 Å². The van der Waals surface area contributed by atoms with Crippen molar-refractivity contribution in [1.29, 1.82) is 0 Å². The van der Waals surface area contributed by atoms with Crippen molar-refractivity contribution in [3.63, 3.8) is 0 Å². The fourth-order valence-corrected chi connectivity index (χ4v) is 1.78. The summed E-state index contributed by atoms with van der Waals surface area (Å²) in [6, 6.07) is 3.97. The molecule has 5 nitrogen and oxygen atoms in total. The first-order valence-electron chi connectivity index (χ1n) is 6.13. The molecule has 2 N–H and O–H groups in total. The van der Waals surface area contributed by atoms with Crippen molar-refractivity contribution in [2.24, 2.45) is 0 Å². The third-order valence-corrected chi connectivity index (χ3v) is 2.89. The van der Waals surface area contributed by atoms with Crippen molar-refractivity contribution in [2.45, 2.75) is 19.9 Å². The van der Waals surface area contributed by atoms with Crippen molar-refractivity contribution >= 4 is 23.4 Å². The van der Waals surface area contributed by atoms with E-state index >= 15 is 0 Å². The number of aromatic nitrogens is 3. The van der Waals surface area contributed by atoms with Crippen LogP contribution < -0.4 is 10.6 Å². The average Bonchev–Trinajstić information content (AvgIpc) is 2.44. The monoisotopic (exact) mass is 277 g/mol. The van der Waals surface area contributed by atoms with Gasteiger partial charge >= 0.3 is 0 Å². The lowest BCUT2D eigenvalue weighted by Gasteiger charge is -2.16. The van der Waals surface area contributed by atoms with E-state index in [1.54, 1.807) is 12.4 Å². The Bertz CT molecular complexity index is 532. The lowest BCUT2D eigenvalue weighted by molar-refractivity contribution is 0.864. The molecule has 0 fully saturated rings. The summed E-state index contributed by atoms with van der Waals surface area (Å²) in [6.07, 6.45) is 5.15. The number of rotatable bonds is 5. The maximum Gasteiger partial charge on any atom is 0.224 e. The number of hydrogen-bond acceptors (Lipinski definition) is 5. The molecular weight excluding hydrogens is 262 g/mol. The van der Waals surface area contributed by atoms with Crippen LogP contribution in [0.3, 0.4) is 0 Å². The summed E-state index contributed by atoms with van der Waals surface area (Å²) in [5, 5.41) is 6.81. The third-order valence-electron chi connectivity index (χ3n) is 2.62. The lowest BCUT2D eigenvalue weighted by Crippen LogP contribution is -2.10. The highest BCUT2D eigenvalue weighted by atomic mass is 35.5. The quantitative estimate of drug-likeness (QED) is 0.879. The van der Waals surface area contributed by atoms with Crippen LogP contribution in [0.4, 0.5) is 11.8 Å². The molecule has 19 heavy (non-hydrogen) atoms. The van der Waals surface area contributed by atoms with E-state index in [-0.39, 0.29) is 6.04 Å². The van der Waals surface area contributed by atoms with Crippen LogP contribution in [0.5, 0.6) is 0 Å². The molecule has 1 unspecified atom stereocenters. The second-order valence-electron chi connectivity index (χ2n) is 4.07. The number of pyridine rings is 1. The van der Waals surface area contributed by atoms with Gasteiger partial charge in [-0.1, -0.05) is 17.7 Å². The van der Waals surface area contributed by atoms with Gasteiger partial charge in [-0.25, -0.2) is 4.98 Å². The Morgan fingerprint density at radius 3 is 2.89 bits per heavy atom. The standard InChI is InChI=1S/C13H16ClN5/c1-3-16-13-17-8-11(14)12(19-13)18-9(2)10-5-4-6-15-7-10/h4-9H,3H2,1-2H3,(H2,16,17,18,19). The van der Waals surface area contributed by atoms with Crippen molar-refractivity contribution < 1.29 is 0 Å². The minimum atomic E-state index is 0.0653. The van der Waals surface area contributed by atoms with E-state index in [2.05, 4.69) is 25.6 Å². The first-order chi connectivity index (χ1) is 9.20. The predicted molar refractivity (Wildman–Crippen MR) is 77.5 cm³/mol. The van der Waals surface area contributed by atoms with Crippen LogP contribution in [0.15, 0.2) is 30.7 Å². The molecule has 2 aromatic rings. The summed E-state index contributed by atoms with van der Waals surface area (Å²) in [7, 11) is 0. The summed E-state index contributed by atoms with van der Waals surface area (Å²) in [5.74, 6) is 1.18. The first kappa shape index (κ1) is 13.5. The molecule has 0 aliphatic carbocycles. The zero-order valence-electron chi connectivity index (χ0n) is 10.9. The molecule has 0 saturated heterocycles. The second-order valence-corrected chi connectivity index (χ2v) is 4.48. The molecule has 6 heteroatoms. The van der Waals surface area contributed by atoms with E-state index in [1.165, 1.54) is 0 Å². The van der Waals surface area contributed by atoms with Crippen molar-refractivity contribution in [1.82, 2.24) is 15.0 Å². The number of nitrogens with zero attached hydrogens (tertiary/aromatic N) is 3. The van der Waals surface area contributed by atoms with Gasteiger partial charge in [0.1, 0.15) is 5.02 Å². The van der Waals surface area contributed by atoms with Crippen LogP contribution >= 0.6 is 11.6 Å². The summed E-state index contributed by atoms with van der Waals surface area (Å²) >= 11 is 6.10. The molecule has 0 amide bonds. The molecule has 0 aliphatic rings. The zero-order valence-corrected chi connectivity index (χ0v) is 11.6. The second kappa shape index (κ2) is 6.33. The molecule has 0 spiro atoms. The maximum absolute atomic E-state index is 6.10. The Morgan fingerprint density at radius 2 is 2.21 bits per heavy atom. The van der Waals surface area contributed by atoms with Gasteiger partial charge in [0.05, 0.1) is 12.2 Å². The molecule has 0 aliphatic heterocycles. The molecular formula is C13H16ClN5. The topological polar surface area (TPSA) is 62.7 Å². The van der Waals surface area contributed by atoms with E-state index < -0.39 is 0 Å². The van der Waals surface area contributed by atoms with Crippen LogP contribution in [-0.4, -0.2) is 21.5 Å². The SMILES string of the molecule is CCNc1ncc(Cl)c(NC(C)c2cccnc2)n1. The van der Waals surface area contributed by atoms with Gasteiger partial charge in [-0.2, -0.15) is 4.98 Å². The van der Waals surface area contributed by atoms with Crippen LogP contribution in [-0.2, 0) is 0 Å².